The van der Waals surface area contributed by atoms with E-state index in [4.69, 9.17) is 11.6 Å². The van der Waals surface area contributed by atoms with Crippen LogP contribution in [0.15, 0.2) is 17.6 Å². The summed E-state index contributed by atoms with van der Waals surface area (Å²) in [6, 6.07) is 1.96. The fourth-order valence-electron chi connectivity index (χ4n) is 1.73. The maximum absolute atomic E-state index is 5.94. The molecule has 86 valence electrons. The predicted octanol–water partition coefficient (Wildman–Crippen LogP) is 0.925. The van der Waals surface area contributed by atoms with Crippen LogP contribution >= 0.6 is 11.3 Å². The molecule has 16 heavy (non-hydrogen) atoms. The highest BCUT2D eigenvalue weighted by molar-refractivity contribution is 7.10. The van der Waals surface area contributed by atoms with E-state index < -0.39 is 0 Å². The molecule has 0 saturated heterocycles. The lowest BCUT2D eigenvalue weighted by atomic mass is 10.0. The Morgan fingerprint density at radius 1 is 1.50 bits per heavy atom. The summed E-state index contributed by atoms with van der Waals surface area (Å²) in [7, 11) is 1.81. The molecule has 0 spiro atoms. The quantitative estimate of drug-likeness (QED) is 0.548. The van der Waals surface area contributed by atoms with Crippen LogP contribution in [0.2, 0.25) is 0 Å². The zero-order valence-electron chi connectivity index (χ0n) is 9.27. The van der Waals surface area contributed by atoms with Crippen LogP contribution in [-0.2, 0) is 7.05 Å². The third kappa shape index (κ3) is 1.71. The Balaban J connectivity index is 2.45. The Labute approximate surface area is 98.0 Å². The summed E-state index contributed by atoms with van der Waals surface area (Å²) in [5.74, 6) is 6.24. The lowest BCUT2D eigenvalue weighted by Gasteiger charge is -2.15. The van der Waals surface area contributed by atoms with Crippen molar-refractivity contribution in [1.82, 2.24) is 15.2 Å². The third-order valence-corrected chi connectivity index (χ3v) is 3.56. The van der Waals surface area contributed by atoms with Crippen LogP contribution < -0.4 is 17.0 Å². The number of aromatic nitrogens is 2. The molecule has 6 heteroatoms. The second kappa shape index (κ2) is 4.25. The summed E-state index contributed by atoms with van der Waals surface area (Å²) in [5.41, 5.74) is 10.8. The maximum atomic E-state index is 5.94. The van der Waals surface area contributed by atoms with Crippen molar-refractivity contribution in [3.8, 4) is 0 Å². The average molecular weight is 237 g/mol. The van der Waals surface area contributed by atoms with Crippen LogP contribution in [0.25, 0.3) is 0 Å². The fraction of sp³-hybridized carbons (Fsp3) is 0.300. The molecule has 2 aromatic rings. The molecule has 2 heterocycles. The van der Waals surface area contributed by atoms with E-state index in [9.17, 15) is 0 Å². The summed E-state index contributed by atoms with van der Waals surface area (Å²) in [6.45, 7) is 2.07. The van der Waals surface area contributed by atoms with Gasteiger partial charge >= 0.3 is 0 Å². The molecule has 5 nitrogen and oxygen atoms in total. The normalized spacial score (nSPS) is 12.9. The Bertz CT molecular complexity index is 487. The van der Waals surface area contributed by atoms with Crippen LogP contribution in [0.1, 0.15) is 22.0 Å². The lowest BCUT2D eigenvalue weighted by Crippen LogP contribution is -2.29. The molecule has 5 N–H and O–H groups in total. The number of rotatable bonds is 3. The Morgan fingerprint density at radius 2 is 2.25 bits per heavy atom. The molecule has 0 radical (unpaired) electrons. The van der Waals surface area contributed by atoms with E-state index in [0.717, 1.165) is 11.1 Å². The maximum Gasteiger partial charge on any atom is 0.126 e. The Hall–Kier alpha value is -1.37. The molecule has 0 aliphatic heterocycles. The van der Waals surface area contributed by atoms with E-state index >= 15 is 0 Å². The van der Waals surface area contributed by atoms with Crippen LogP contribution in [0.4, 0.5) is 5.82 Å². The molecule has 1 unspecified atom stereocenters. The van der Waals surface area contributed by atoms with Crippen LogP contribution in [-0.4, -0.2) is 9.78 Å². The van der Waals surface area contributed by atoms with E-state index in [2.05, 4.69) is 23.5 Å². The third-order valence-electron chi connectivity index (χ3n) is 2.70. The minimum Gasteiger partial charge on any atom is -0.384 e. The second-order valence-corrected chi connectivity index (χ2v) is 4.76. The van der Waals surface area contributed by atoms with Crippen molar-refractivity contribution in [3.63, 3.8) is 0 Å². The predicted molar refractivity (Wildman–Crippen MR) is 65.8 cm³/mol. The number of thiophene rings is 1. The van der Waals surface area contributed by atoms with Crippen molar-refractivity contribution < 1.29 is 0 Å². The number of nitrogens with zero attached hydrogens (tertiary/aromatic N) is 2. The van der Waals surface area contributed by atoms with Gasteiger partial charge in [-0.1, -0.05) is 0 Å². The van der Waals surface area contributed by atoms with Gasteiger partial charge in [-0.3, -0.25) is 10.5 Å². The Kier molecular flexibility index (Phi) is 2.95. The first-order valence-corrected chi connectivity index (χ1v) is 5.80. The zero-order chi connectivity index (χ0) is 11.7. The first-order chi connectivity index (χ1) is 7.65. The van der Waals surface area contributed by atoms with Gasteiger partial charge in [-0.05, 0) is 23.9 Å². The van der Waals surface area contributed by atoms with Crippen molar-refractivity contribution in [1.29, 1.82) is 0 Å². The highest BCUT2D eigenvalue weighted by atomic mass is 32.1. The van der Waals surface area contributed by atoms with E-state index in [1.54, 1.807) is 22.2 Å². The fourth-order valence-corrected chi connectivity index (χ4v) is 2.47. The summed E-state index contributed by atoms with van der Waals surface area (Å²) < 4.78 is 1.64. The van der Waals surface area contributed by atoms with E-state index in [0.29, 0.717) is 5.82 Å². The summed E-state index contributed by atoms with van der Waals surface area (Å²) in [6.07, 6.45) is 1.75. The summed E-state index contributed by atoms with van der Waals surface area (Å²) in [4.78, 5) is 1.23. The SMILES string of the molecule is Cc1sccc1C(NN)c1cnn(C)c1N. The lowest BCUT2D eigenvalue weighted by molar-refractivity contribution is 0.637. The molecule has 2 aromatic heterocycles. The molecular formula is C10H15N5S. The molecule has 2 rings (SSSR count). The highest BCUT2D eigenvalue weighted by Gasteiger charge is 2.20. The number of hydrazine groups is 1. The average Bonchev–Trinajstić information content (AvgIpc) is 2.81. The van der Waals surface area contributed by atoms with Gasteiger partial charge in [0.25, 0.3) is 0 Å². The number of nitrogens with one attached hydrogen (secondary N) is 1. The van der Waals surface area contributed by atoms with E-state index in [1.807, 2.05) is 12.4 Å². The topological polar surface area (TPSA) is 81.9 Å². The minimum atomic E-state index is -0.0973. The number of aryl methyl sites for hydroxylation is 2. The van der Waals surface area contributed by atoms with Crippen molar-refractivity contribution >= 4 is 17.2 Å². The molecule has 0 amide bonds. The van der Waals surface area contributed by atoms with Gasteiger partial charge in [-0.2, -0.15) is 5.10 Å². The largest absolute Gasteiger partial charge is 0.384 e. The summed E-state index contributed by atoms with van der Waals surface area (Å²) in [5, 5.41) is 6.17. The number of nitrogen functional groups attached to an aromatic ring is 1. The van der Waals surface area contributed by atoms with Gasteiger partial charge in [0, 0.05) is 17.5 Å². The van der Waals surface area contributed by atoms with Crippen molar-refractivity contribution in [2.24, 2.45) is 12.9 Å². The van der Waals surface area contributed by atoms with Gasteiger partial charge in [-0.25, -0.2) is 5.43 Å². The Morgan fingerprint density at radius 3 is 2.69 bits per heavy atom. The smallest absolute Gasteiger partial charge is 0.126 e. The number of hydrogen-bond donors (Lipinski definition) is 3. The molecular weight excluding hydrogens is 222 g/mol. The number of hydrogen-bond acceptors (Lipinski definition) is 5. The van der Waals surface area contributed by atoms with Gasteiger partial charge in [0.2, 0.25) is 0 Å². The van der Waals surface area contributed by atoms with Gasteiger partial charge in [0.05, 0.1) is 12.2 Å². The number of anilines is 1. The van der Waals surface area contributed by atoms with Gasteiger partial charge in [0.15, 0.2) is 0 Å². The molecule has 0 aliphatic carbocycles. The minimum absolute atomic E-state index is 0.0973. The second-order valence-electron chi connectivity index (χ2n) is 3.64. The molecule has 0 bridgehead atoms. The standard InChI is InChI=1S/C10H15N5S/c1-6-7(3-4-16-6)9(14-12)8-5-13-15(2)10(8)11/h3-5,9,14H,11-12H2,1-2H3. The highest BCUT2D eigenvalue weighted by Crippen LogP contribution is 2.30. The molecule has 0 aliphatic rings. The van der Waals surface area contributed by atoms with Crippen LogP contribution in [0, 0.1) is 6.92 Å². The van der Waals surface area contributed by atoms with Gasteiger partial charge in [0.1, 0.15) is 5.82 Å². The van der Waals surface area contributed by atoms with Crippen LogP contribution in [0.5, 0.6) is 0 Å². The van der Waals surface area contributed by atoms with Crippen LogP contribution in [0.3, 0.4) is 0 Å². The van der Waals surface area contributed by atoms with E-state index in [-0.39, 0.29) is 6.04 Å². The van der Waals surface area contributed by atoms with Gasteiger partial charge in [-0.15, -0.1) is 11.3 Å². The van der Waals surface area contributed by atoms with Crippen molar-refractivity contribution in [2.45, 2.75) is 13.0 Å². The monoisotopic (exact) mass is 237 g/mol. The molecule has 0 aromatic carbocycles. The molecule has 0 saturated carbocycles. The first-order valence-electron chi connectivity index (χ1n) is 4.92. The zero-order valence-corrected chi connectivity index (χ0v) is 10.1. The molecule has 1 atom stereocenters. The van der Waals surface area contributed by atoms with Crippen molar-refractivity contribution in [3.05, 3.63) is 33.6 Å². The van der Waals surface area contributed by atoms with Crippen molar-refractivity contribution in [2.75, 3.05) is 5.73 Å². The van der Waals surface area contributed by atoms with Gasteiger partial charge < -0.3 is 5.73 Å². The first kappa shape index (κ1) is 11.1. The molecule has 0 fully saturated rings. The van der Waals surface area contributed by atoms with E-state index in [1.165, 1.54) is 4.88 Å². The summed E-state index contributed by atoms with van der Waals surface area (Å²) >= 11 is 1.69. The number of nitrogens with two attached hydrogens (primary N) is 2.